The number of aliphatic hydroxyl groups is 2. The normalized spacial score (nSPS) is 24.7. The highest BCUT2D eigenvalue weighted by atomic mass is 16.6. The van der Waals surface area contributed by atoms with E-state index in [1.165, 1.54) is 7.11 Å². The lowest BCUT2D eigenvalue weighted by Crippen LogP contribution is -2.59. The van der Waals surface area contributed by atoms with E-state index in [9.17, 15) is 15.0 Å². The summed E-state index contributed by atoms with van der Waals surface area (Å²) in [4.78, 5) is 79.0. The number of amides is 3. The first kappa shape index (κ1) is 48.5. The van der Waals surface area contributed by atoms with Crippen LogP contribution < -0.4 is 14.5 Å². The van der Waals surface area contributed by atoms with Crippen molar-refractivity contribution in [2.24, 2.45) is 5.92 Å². The SMILES string of the molecule is COCCOC(=O)N1C(=O)[C@@]2(c3cc(C#CC4(O)CCCCCC4)ccc31)[C@H](C(=O)N1CCN(c3ncccn3)CC1)[C@H]1C(=O)O[C@H](c3ccccc3)[C@H](c3ccccc3)N1[C@@H]2c1ccccc1OCCO. The Balaban J connectivity index is 1.25. The van der Waals surface area contributed by atoms with Crippen LogP contribution in [0.1, 0.15) is 84.5 Å². The Morgan fingerprint density at radius 1 is 0.792 bits per heavy atom. The van der Waals surface area contributed by atoms with Crippen LogP contribution in [-0.4, -0.2) is 125 Å². The first-order valence-corrected chi connectivity index (χ1v) is 24.8. The van der Waals surface area contributed by atoms with Crippen molar-refractivity contribution in [2.75, 3.05) is 69.5 Å². The molecule has 2 N–H and O–H groups in total. The number of imide groups is 1. The van der Waals surface area contributed by atoms with Gasteiger partial charge in [-0.05, 0) is 72.7 Å². The maximum Gasteiger partial charge on any atom is 0.421 e. The molecule has 16 nitrogen and oxygen atoms in total. The number of nitrogens with zero attached hydrogens (tertiary/aromatic N) is 6. The van der Waals surface area contributed by atoms with Crippen LogP contribution in [0.3, 0.4) is 0 Å². The summed E-state index contributed by atoms with van der Waals surface area (Å²) in [5, 5.41) is 21.9. The third kappa shape index (κ3) is 8.84. The lowest BCUT2D eigenvalue weighted by atomic mass is 9.64. The highest BCUT2D eigenvalue weighted by Gasteiger charge is 2.76. The Bertz CT molecular complexity index is 2830. The van der Waals surface area contributed by atoms with E-state index < -0.39 is 65.0 Å². The monoisotopic (exact) mass is 974 g/mol. The highest BCUT2D eigenvalue weighted by Crippen LogP contribution is 2.67. The summed E-state index contributed by atoms with van der Waals surface area (Å²) in [6, 6.07) is 29.3. The Kier molecular flexibility index (Phi) is 14.1. The Labute approximate surface area is 418 Å². The molecule has 3 amide bonds. The summed E-state index contributed by atoms with van der Waals surface area (Å²) in [6.45, 7) is 0.503. The second-order valence-corrected chi connectivity index (χ2v) is 18.9. The summed E-state index contributed by atoms with van der Waals surface area (Å²) < 4.78 is 24.0. The first-order chi connectivity index (χ1) is 35.2. The molecule has 5 aliphatic rings. The largest absolute Gasteiger partial charge is 0.491 e. The van der Waals surface area contributed by atoms with Crippen molar-refractivity contribution in [2.45, 2.75) is 73.8 Å². The summed E-state index contributed by atoms with van der Waals surface area (Å²) in [5.74, 6) is 3.64. The number of hydrogen-bond acceptors (Lipinski definition) is 14. The number of carbonyl (C=O) groups is 4. The van der Waals surface area contributed by atoms with Gasteiger partial charge in [0, 0.05) is 56.8 Å². The highest BCUT2D eigenvalue weighted by molar-refractivity contribution is 6.23. The number of aliphatic hydroxyl groups excluding tert-OH is 1. The van der Waals surface area contributed by atoms with Crippen molar-refractivity contribution in [3.8, 4) is 17.6 Å². The molecule has 4 aliphatic heterocycles. The minimum Gasteiger partial charge on any atom is -0.491 e. The van der Waals surface area contributed by atoms with Crippen LogP contribution >= 0.6 is 0 Å². The molecule has 10 rings (SSSR count). The maximum atomic E-state index is 16.7. The van der Waals surface area contributed by atoms with Crippen LogP contribution in [0, 0.1) is 17.8 Å². The van der Waals surface area contributed by atoms with Gasteiger partial charge < -0.3 is 39.0 Å². The summed E-state index contributed by atoms with van der Waals surface area (Å²) in [7, 11) is 1.47. The van der Waals surface area contributed by atoms with Crippen LogP contribution in [0.15, 0.2) is 122 Å². The molecule has 4 fully saturated rings. The average Bonchev–Trinajstić information content (AvgIpc) is 3.75. The van der Waals surface area contributed by atoms with Gasteiger partial charge in [-0.25, -0.2) is 19.7 Å². The van der Waals surface area contributed by atoms with Gasteiger partial charge in [-0.1, -0.05) is 104 Å². The fourth-order valence-electron chi connectivity index (χ4n) is 11.6. The van der Waals surface area contributed by atoms with Gasteiger partial charge in [0.1, 0.15) is 42.1 Å². The Morgan fingerprint density at radius 2 is 1.47 bits per heavy atom. The van der Waals surface area contributed by atoms with Gasteiger partial charge in [0.15, 0.2) is 0 Å². The summed E-state index contributed by atoms with van der Waals surface area (Å²) in [6.07, 6.45) is 6.01. The number of anilines is 2. The minimum atomic E-state index is -2.11. The molecule has 4 aromatic carbocycles. The third-order valence-electron chi connectivity index (χ3n) is 14.8. The molecule has 1 saturated carbocycles. The van der Waals surface area contributed by atoms with Crippen LogP contribution in [0.5, 0.6) is 5.75 Å². The van der Waals surface area contributed by atoms with E-state index in [4.69, 9.17) is 18.9 Å². The lowest BCUT2D eigenvalue weighted by Gasteiger charge is -2.46. The van der Waals surface area contributed by atoms with Crippen LogP contribution in [0.2, 0.25) is 0 Å². The number of esters is 1. The van der Waals surface area contributed by atoms with Gasteiger partial charge in [0.05, 0.1) is 36.9 Å². The summed E-state index contributed by atoms with van der Waals surface area (Å²) >= 11 is 0. The molecule has 16 heteroatoms. The van der Waals surface area contributed by atoms with Crippen LogP contribution in [0.4, 0.5) is 16.4 Å². The molecule has 6 atom stereocenters. The number of para-hydroxylation sites is 1. The van der Waals surface area contributed by atoms with Crippen LogP contribution in [0.25, 0.3) is 0 Å². The lowest BCUT2D eigenvalue weighted by molar-refractivity contribution is -0.179. The van der Waals surface area contributed by atoms with Crippen molar-refractivity contribution >= 4 is 35.5 Å². The van der Waals surface area contributed by atoms with Gasteiger partial charge in [0.25, 0.3) is 0 Å². The van der Waals surface area contributed by atoms with Gasteiger partial charge >= 0.3 is 12.1 Å². The van der Waals surface area contributed by atoms with Gasteiger partial charge in [-0.15, -0.1) is 0 Å². The Morgan fingerprint density at radius 3 is 2.17 bits per heavy atom. The van der Waals surface area contributed by atoms with Gasteiger partial charge in [-0.2, -0.15) is 0 Å². The topological polar surface area (TPSA) is 184 Å². The number of rotatable bonds is 11. The number of ether oxygens (including phenoxy) is 4. The van der Waals surface area contributed by atoms with Crippen molar-refractivity contribution in [3.05, 3.63) is 149 Å². The zero-order chi connectivity index (χ0) is 49.8. The number of methoxy groups -OCH3 is 1. The smallest absolute Gasteiger partial charge is 0.421 e. The Hall–Kier alpha value is -7.16. The fourth-order valence-corrected chi connectivity index (χ4v) is 11.6. The first-order valence-electron chi connectivity index (χ1n) is 24.8. The van der Waals surface area contributed by atoms with Crippen molar-refractivity contribution in [1.82, 2.24) is 19.8 Å². The molecule has 0 bridgehead atoms. The molecule has 3 saturated heterocycles. The number of carbonyl (C=O) groups excluding carboxylic acids is 4. The third-order valence-corrected chi connectivity index (χ3v) is 14.8. The summed E-state index contributed by atoms with van der Waals surface area (Å²) in [5.41, 5.74) is -0.674. The molecule has 1 aromatic heterocycles. The van der Waals surface area contributed by atoms with E-state index in [2.05, 4.69) is 21.8 Å². The molecule has 5 heterocycles. The predicted molar refractivity (Wildman–Crippen MR) is 265 cm³/mol. The number of fused-ring (bicyclic) bond motifs is 3. The molecular weight excluding hydrogens is 917 g/mol. The van der Waals surface area contributed by atoms with E-state index in [1.54, 1.807) is 65.8 Å². The second-order valence-electron chi connectivity index (χ2n) is 18.9. The molecule has 72 heavy (non-hydrogen) atoms. The second kappa shape index (κ2) is 20.9. The number of cyclic esters (lactones) is 1. The average molecular weight is 975 g/mol. The van der Waals surface area contributed by atoms with E-state index in [0.29, 0.717) is 54.3 Å². The molecular formula is C56H58N6O10. The van der Waals surface area contributed by atoms with E-state index in [0.717, 1.165) is 36.1 Å². The number of hydrogen-bond donors (Lipinski definition) is 2. The zero-order valence-corrected chi connectivity index (χ0v) is 40.2. The minimum absolute atomic E-state index is 0.0455. The van der Waals surface area contributed by atoms with Crippen molar-refractivity contribution in [1.29, 1.82) is 0 Å². The standard InChI is InChI=1S/C56H58N6O10/c1-69-35-36-71-54(67)61-43-22-21-38(23-26-55(68)24-12-2-3-13-25-55)37-42(43)56(52(61)66)45(50(64)59-29-31-60(32-30-59)53-57-27-14-28-58-53)47-51(65)72-48(40-17-8-5-9-18-40)46(39-15-6-4-7-16-39)62(47)49(56)41-19-10-11-20-44(41)70-34-33-63/h4-11,14-22,27-28,37,45-49,63,68H,2-3,12-13,24-25,29-36H2,1H3/t45-,46-,47-,48+,49+,56-/m0/s1. The molecule has 372 valence electrons. The van der Waals surface area contributed by atoms with Crippen LogP contribution in [-0.2, 0) is 34.0 Å². The number of piperazine rings is 1. The zero-order valence-electron chi connectivity index (χ0n) is 40.2. The van der Waals surface area contributed by atoms with Gasteiger partial charge in [0.2, 0.25) is 17.8 Å². The molecule has 0 unspecified atom stereocenters. The predicted octanol–water partition coefficient (Wildman–Crippen LogP) is 6.08. The van der Waals surface area contributed by atoms with E-state index >= 15 is 14.4 Å². The van der Waals surface area contributed by atoms with Crippen molar-refractivity contribution in [3.63, 3.8) is 0 Å². The van der Waals surface area contributed by atoms with E-state index in [1.807, 2.05) is 70.5 Å². The van der Waals surface area contributed by atoms with E-state index in [-0.39, 0.29) is 50.8 Å². The number of benzene rings is 4. The quantitative estimate of drug-likeness (QED) is 0.0672. The molecule has 0 radical (unpaired) electrons. The van der Waals surface area contributed by atoms with Gasteiger partial charge in [-0.3, -0.25) is 19.3 Å². The maximum absolute atomic E-state index is 16.7. The number of aromatic nitrogens is 2. The fraction of sp³-hybridized carbons (Fsp3) is 0.393. The molecule has 5 aromatic rings. The molecule has 1 spiro atoms. The molecule has 1 aliphatic carbocycles. The van der Waals surface area contributed by atoms with Crippen molar-refractivity contribution < 1.29 is 48.3 Å². The number of morpholine rings is 1.